The molecule has 0 aliphatic carbocycles. The Morgan fingerprint density at radius 1 is 1.12 bits per heavy atom. The molecular weight excluding hydrogens is 333 g/mol. The van der Waals surface area contributed by atoms with Crippen LogP contribution in [0.1, 0.15) is 18.1 Å². The van der Waals surface area contributed by atoms with Crippen molar-refractivity contribution in [3.63, 3.8) is 0 Å². The lowest BCUT2D eigenvalue weighted by Gasteiger charge is -2.13. The number of aliphatic imine (C=N–C) groups is 1. The van der Waals surface area contributed by atoms with Gasteiger partial charge >= 0.3 is 0 Å². The first-order valence-electron chi connectivity index (χ1n) is 8.65. The second-order valence-corrected chi connectivity index (χ2v) is 5.61. The van der Waals surface area contributed by atoms with Gasteiger partial charge in [0.25, 0.3) is 0 Å². The number of methoxy groups -OCH3 is 1. The minimum Gasteiger partial charge on any atom is -0.496 e. The first-order valence-corrected chi connectivity index (χ1v) is 8.65. The minimum absolute atomic E-state index is 0.274. The van der Waals surface area contributed by atoms with Crippen molar-refractivity contribution in [2.75, 3.05) is 27.3 Å². The highest BCUT2D eigenvalue weighted by molar-refractivity contribution is 5.79. The number of rotatable bonds is 8. The van der Waals surface area contributed by atoms with Crippen LogP contribution >= 0.6 is 0 Å². The van der Waals surface area contributed by atoms with Gasteiger partial charge < -0.3 is 20.1 Å². The van der Waals surface area contributed by atoms with Gasteiger partial charge in [-0.3, -0.25) is 4.99 Å². The molecule has 2 aromatic rings. The Hall–Kier alpha value is -2.76. The summed E-state index contributed by atoms with van der Waals surface area (Å²) in [4.78, 5) is 4.19. The fourth-order valence-electron chi connectivity index (χ4n) is 2.56. The van der Waals surface area contributed by atoms with Crippen LogP contribution in [0, 0.1) is 5.82 Å². The zero-order chi connectivity index (χ0) is 18.8. The average molecular weight is 359 g/mol. The lowest BCUT2D eigenvalue weighted by molar-refractivity contribution is 0.321. The Morgan fingerprint density at radius 2 is 1.92 bits per heavy atom. The second kappa shape index (κ2) is 10.3. The minimum atomic E-state index is -0.356. The van der Waals surface area contributed by atoms with Gasteiger partial charge in [0, 0.05) is 20.1 Å². The topological polar surface area (TPSA) is 54.9 Å². The number of nitrogens with zero attached hydrogens (tertiary/aromatic N) is 1. The molecule has 0 saturated heterocycles. The molecule has 0 fully saturated rings. The molecule has 0 amide bonds. The number of halogens is 1. The zero-order valence-corrected chi connectivity index (χ0v) is 15.5. The van der Waals surface area contributed by atoms with E-state index in [-0.39, 0.29) is 11.6 Å². The van der Waals surface area contributed by atoms with Crippen molar-refractivity contribution in [1.29, 1.82) is 0 Å². The molecule has 0 aliphatic heterocycles. The Labute approximate surface area is 154 Å². The molecule has 0 aromatic heterocycles. The summed E-state index contributed by atoms with van der Waals surface area (Å²) in [6.45, 7) is 3.45. The van der Waals surface area contributed by atoms with E-state index in [0.717, 1.165) is 23.3 Å². The van der Waals surface area contributed by atoms with E-state index in [1.54, 1.807) is 20.2 Å². The lowest BCUT2D eigenvalue weighted by Crippen LogP contribution is -2.37. The molecule has 2 rings (SSSR count). The molecule has 0 atom stereocenters. The smallest absolute Gasteiger partial charge is 0.191 e. The molecule has 5 nitrogen and oxygen atoms in total. The standard InChI is InChI=1S/C20H26FN3O2/c1-4-26-19-10-9-15(13-17(19)21)14-24-20(22-2)23-12-11-16-7-5-6-8-18(16)25-3/h5-10,13H,4,11-12,14H2,1-3H3,(H2,22,23,24). The van der Waals surface area contributed by atoms with Crippen molar-refractivity contribution >= 4 is 5.96 Å². The van der Waals surface area contributed by atoms with Gasteiger partial charge in [0.05, 0.1) is 13.7 Å². The SMILES string of the molecule is CCOc1ccc(CNC(=NC)NCCc2ccccc2OC)cc1F. The van der Waals surface area contributed by atoms with Crippen LogP contribution in [0.25, 0.3) is 0 Å². The number of nitrogens with one attached hydrogen (secondary N) is 2. The predicted molar refractivity (Wildman–Crippen MR) is 102 cm³/mol. The maximum absolute atomic E-state index is 13.9. The summed E-state index contributed by atoms with van der Waals surface area (Å²) in [6.07, 6.45) is 0.808. The summed E-state index contributed by atoms with van der Waals surface area (Å²) in [7, 11) is 3.37. The molecule has 0 unspecified atom stereocenters. The van der Waals surface area contributed by atoms with Crippen LogP contribution in [0.3, 0.4) is 0 Å². The van der Waals surface area contributed by atoms with Crippen molar-refractivity contribution in [2.24, 2.45) is 4.99 Å². The number of hydrogen-bond donors (Lipinski definition) is 2. The predicted octanol–water partition coefficient (Wildman–Crippen LogP) is 3.14. The van der Waals surface area contributed by atoms with Gasteiger partial charge in [0.15, 0.2) is 17.5 Å². The third-order valence-corrected chi connectivity index (χ3v) is 3.86. The van der Waals surface area contributed by atoms with Gasteiger partial charge in [0.1, 0.15) is 5.75 Å². The van der Waals surface area contributed by atoms with E-state index in [2.05, 4.69) is 15.6 Å². The summed E-state index contributed by atoms with van der Waals surface area (Å²) >= 11 is 0. The third kappa shape index (κ3) is 5.65. The van der Waals surface area contributed by atoms with Crippen molar-refractivity contribution in [3.05, 3.63) is 59.4 Å². The summed E-state index contributed by atoms with van der Waals surface area (Å²) in [5, 5.41) is 6.43. The van der Waals surface area contributed by atoms with E-state index in [9.17, 15) is 4.39 Å². The van der Waals surface area contributed by atoms with Gasteiger partial charge in [-0.25, -0.2) is 4.39 Å². The van der Waals surface area contributed by atoms with Crippen LogP contribution in [-0.2, 0) is 13.0 Å². The van der Waals surface area contributed by atoms with E-state index < -0.39 is 0 Å². The Kier molecular flexibility index (Phi) is 7.74. The number of para-hydroxylation sites is 1. The first-order chi connectivity index (χ1) is 12.7. The molecule has 0 saturated carbocycles. The molecule has 140 valence electrons. The largest absolute Gasteiger partial charge is 0.496 e. The van der Waals surface area contributed by atoms with Gasteiger partial charge in [-0.2, -0.15) is 0 Å². The van der Waals surface area contributed by atoms with Crippen molar-refractivity contribution in [2.45, 2.75) is 19.9 Å². The quantitative estimate of drug-likeness (QED) is 0.562. The molecule has 2 N–H and O–H groups in total. The Morgan fingerprint density at radius 3 is 2.62 bits per heavy atom. The zero-order valence-electron chi connectivity index (χ0n) is 15.5. The van der Waals surface area contributed by atoms with Crippen LogP contribution < -0.4 is 20.1 Å². The summed E-state index contributed by atoms with van der Waals surface area (Å²) in [6, 6.07) is 12.9. The summed E-state index contributed by atoms with van der Waals surface area (Å²) in [5.41, 5.74) is 1.95. The van der Waals surface area contributed by atoms with Crippen molar-refractivity contribution in [1.82, 2.24) is 10.6 Å². The molecule has 0 heterocycles. The fourth-order valence-corrected chi connectivity index (χ4v) is 2.56. The number of guanidine groups is 1. The van der Waals surface area contributed by atoms with Crippen LogP contribution in [0.15, 0.2) is 47.5 Å². The highest BCUT2D eigenvalue weighted by atomic mass is 19.1. The highest BCUT2D eigenvalue weighted by Gasteiger charge is 2.06. The van der Waals surface area contributed by atoms with Crippen LogP contribution in [-0.4, -0.2) is 33.3 Å². The lowest BCUT2D eigenvalue weighted by atomic mass is 10.1. The van der Waals surface area contributed by atoms with E-state index in [0.29, 0.717) is 25.7 Å². The van der Waals surface area contributed by atoms with E-state index in [1.165, 1.54) is 6.07 Å². The number of benzene rings is 2. The van der Waals surface area contributed by atoms with Crippen LogP contribution in [0.4, 0.5) is 4.39 Å². The Balaban J connectivity index is 1.83. The summed E-state index contributed by atoms with van der Waals surface area (Å²) in [5.74, 6) is 1.46. The van der Waals surface area contributed by atoms with Crippen molar-refractivity contribution < 1.29 is 13.9 Å². The second-order valence-electron chi connectivity index (χ2n) is 5.61. The van der Waals surface area contributed by atoms with Gasteiger partial charge in [0.2, 0.25) is 0 Å². The molecule has 26 heavy (non-hydrogen) atoms. The van der Waals surface area contributed by atoms with Gasteiger partial charge in [-0.15, -0.1) is 0 Å². The van der Waals surface area contributed by atoms with Gasteiger partial charge in [-0.1, -0.05) is 24.3 Å². The monoisotopic (exact) mass is 359 g/mol. The van der Waals surface area contributed by atoms with E-state index >= 15 is 0 Å². The van der Waals surface area contributed by atoms with E-state index in [4.69, 9.17) is 9.47 Å². The highest BCUT2D eigenvalue weighted by Crippen LogP contribution is 2.18. The normalized spacial score (nSPS) is 11.2. The maximum Gasteiger partial charge on any atom is 0.191 e. The Bertz CT molecular complexity index is 735. The molecule has 2 aromatic carbocycles. The number of hydrogen-bond acceptors (Lipinski definition) is 3. The third-order valence-electron chi connectivity index (χ3n) is 3.86. The maximum atomic E-state index is 13.9. The molecule has 0 radical (unpaired) electrons. The van der Waals surface area contributed by atoms with E-state index in [1.807, 2.05) is 37.3 Å². The average Bonchev–Trinajstić information content (AvgIpc) is 2.67. The molecule has 0 spiro atoms. The number of ether oxygens (including phenoxy) is 2. The molecule has 0 aliphatic rings. The molecule has 0 bridgehead atoms. The molecule has 6 heteroatoms. The van der Waals surface area contributed by atoms with Gasteiger partial charge in [-0.05, 0) is 42.7 Å². The summed E-state index contributed by atoms with van der Waals surface area (Å²) < 4.78 is 24.5. The van der Waals surface area contributed by atoms with Crippen LogP contribution in [0.5, 0.6) is 11.5 Å². The van der Waals surface area contributed by atoms with Crippen LogP contribution in [0.2, 0.25) is 0 Å². The first kappa shape index (κ1) is 19.6. The fraction of sp³-hybridized carbons (Fsp3) is 0.350. The molecular formula is C20H26FN3O2. The van der Waals surface area contributed by atoms with Crippen molar-refractivity contribution in [3.8, 4) is 11.5 Å².